The average molecular weight is 406 g/mol. The lowest BCUT2D eigenvalue weighted by molar-refractivity contribution is -0.130. The van der Waals surface area contributed by atoms with Crippen LogP contribution in [0.5, 0.6) is 0 Å². The molecule has 3 rings (SSSR count). The fourth-order valence-corrected chi connectivity index (χ4v) is 4.92. The summed E-state index contributed by atoms with van der Waals surface area (Å²) < 4.78 is 0. The first-order valence-corrected chi connectivity index (χ1v) is 11.5. The maximum Gasteiger partial charge on any atom is 0.241 e. The van der Waals surface area contributed by atoms with E-state index in [1.54, 1.807) is 7.05 Å². The molecule has 1 amide bonds. The normalized spacial score (nSPS) is 20.8. The summed E-state index contributed by atoms with van der Waals surface area (Å²) in [7, 11) is 1.77. The van der Waals surface area contributed by atoms with Crippen LogP contribution in [0, 0.1) is 5.92 Å². The topological polar surface area (TPSA) is 60.0 Å². The minimum Gasteiger partial charge on any atom is -0.354 e. The molecule has 6 nitrogen and oxygen atoms in total. The van der Waals surface area contributed by atoms with Crippen LogP contribution < -0.4 is 10.6 Å². The molecule has 1 aromatic rings. The van der Waals surface area contributed by atoms with Crippen molar-refractivity contribution in [2.45, 2.75) is 45.1 Å². The van der Waals surface area contributed by atoms with Crippen LogP contribution in [0.1, 0.15) is 49.9 Å². The molecule has 2 aliphatic heterocycles. The number of guanidine groups is 1. The number of thiophene rings is 1. The molecule has 156 valence electrons. The van der Waals surface area contributed by atoms with Crippen LogP contribution in [-0.2, 0) is 4.79 Å². The molecule has 1 aromatic heterocycles. The maximum absolute atomic E-state index is 12.4. The second kappa shape index (κ2) is 10.8. The van der Waals surface area contributed by atoms with Crippen molar-refractivity contribution in [1.29, 1.82) is 0 Å². The number of piperidine rings is 2. The van der Waals surface area contributed by atoms with Gasteiger partial charge in [-0.25, -0.2) is 0 Å². The zero-order valence-electron chi connectivity index (χ0n) is 17.3. The van der Waals surface area contributed by atoms with Gasteiger partial charge in [0.25, 0.3) is 0 Å². The van der Waals surface area contributed by atoms with Crippen LogP contribution in [0.15, 0.2) is 22.5 Å². The van der Waals surface area contributed by atoms with Gasteiger partial charge in [-0.05, 0) is 62.6 Å². The number of hydrogen-bond donors (Lipinski definition) is 2. The van der Waals surface area contributed by atoms with E-state index >= 15 is 0 Å². The van der Waals surface area contributed by atoms with E-state index in [2.05, 4.69) is 45.0 Å². The summed E-state index contributed by atoms with van der Waals surface area (Å²) in [6.45, 7) is 7.52. The highest BCUT2D eigenvalue weighted by Gasteiger charge is 2.25. The Morgan fingerprint density at radius 3 is 2.61 bits per heavy atom. The monoisotopic (exact) mass is 405 g/mol. The number of nitrogens with zero attached hydrogens (tertiary/aromatic N) is 3. The molecule has 3 heterocycles. The molecule has 0 saturated carbocycles. The van der Waals surface area contributed by atoms with Crippen LogP contribution in [0.25, 0.3) is 0 Å². The van der Waals surface area contributed by atoms with Gasteiger partial charge in [-0.3, -0.25) is 14.7 Å². The fourth-order valence-electron chi connectivity index (χ4n) is 4.06. The lowest BCUT2D eigenvalue weighted by atomic mass is 9.97. The lowest BCUT2D eigenvalue weighted by Gasteiger charge is -2.36. The smallest absolute Gasteiger partial charge is 0.241 e. The lowest BCUT2D eigenvalue weighted by Crippen LogP contribution is -2.48. The van der Waals surface area contributed by atoms with E-state index in [1.165, 1.54) is 24.1 Å². The van der Waals surface area contributed by atoms with Crippen molar-refractivity contribution in [3.05, 3.63) is 22.4 Å². The predicted molar refractivity (Wildman–Crippen MR) is 117 cm³/mol. The molecular weight excluding hydrogens is 370 g/mol. The SMILES string of the molecule is CN=C(NCC(=O)N1CCCCC1)NCC(c1cccs1)N1CCC(C)CC1. The summed E-state index contributed by atoms with van der Waals surface area (Å²) in [6.07, 6.45) is 6.00. The second-order valence-corrected chi connectivity index (χ2v) is 8.98. The Morgan fingerprint density at radius 1 is 1.21 bits per heavy atom. The minimum absolute atomic E-state index is 0.169. The summed E-state index contributed by atoms with van der Waals surface area (Å²) in [5.74, 6) is 1.70. The molecule has 1 unspecified atom stereocenters. The van der Waals surface area contributed by atoms with Crippen LogP contribution in [0.3, 0.4) is 0 Å². The van der Waals surface area contributed by atoms with E-state index in [-0.39, 0.29) is 5.91 Å². The van der Waals surface area contributed by atoms with Crippen molar-refractivity contribution < 1.29 is 4.79 Å². The molecule has 7 heteroatoms. The number of amides is 1. The molecule has 2 saturated heterocycles. The molecule has 0 spiro atoms. The van der Waals surface area contributed by atoms with Gasteiger partial charge in [0.15, 0.2) is 5.96 Å². The Hall–Kier alpha value is -1.60. The maximum atomic E-state index is 12.4. The van der Waals surface area contributed by atoms with Crippen LogP contribution in [0.4, 0.5) is 0 Å². The molecule has 2 N–H and O–H groups in total. The summed E-state index contributed by atoms with van der Waals surface area (Å²) in [4.78, 5) is 22.7. The molecule has 0 radical (unpaired) electrons. The Bertz CT molecular complexity index is 619. The minimum atomic E-state index is 0.169. The van der Waals surface area contributed by atoms with Gasteiger partial charge in [0.1, 0.15) is 0 Å². The van der Waals surface area contributed by atoms with E-state index in [1.807, 2.05) is 16.2 Å². The quantitative estimate of drug-likeness (QED) is 0.564. The molecule has 2 aliphatic rings. The van der Waals surface area contributed by atoms with E-state index < -0.39 is 0 Å². The molecule has 0 aliphatic carbocycles. The molecular formula is C21H35N5OS. The first-order valence-electron chi connectivity index (χ1n) is 10.7. The van der Waals surface area contributed by atoms with E-state index in [9.17, 15) is 4.79 Å². The van der Waals surface area contributed by atoms with E-state index in [4.69, 9.17) is 0 Å². The Morgan fingerprint density at radius 2 is 1.96 bits per heavy atom. The van der Waals surface area contributed by atoms with Crippen molar-refractivity contribution in [2.24, 2.45) is 10.9 Å². The molecule has 0 aromatic carbocycles. The van der Waals surface area contributed by atoms with Crippen LogP contribution >= 0.6 is 11.3 Å². The van der Waals surface area contributed by atoms with Gasteiger partial charge in [0, 0.05) is 31.6 Å². The highest BCUT2D eigenvalue weighted by atomic mass is 32.1. The van der Waals surface area contributed by atoms with Crippen LogP contribution in [0.2, 0.25) is 0 Å². The Balaban J connectivity index is 1.51. The Labute approximate surface area is 173 Å². The largest absolute Gasteiger partial charge is 0.354 e. The van der Waals surface area contributed by atoms with Gasteiger partial charge < -0.3 is 15.5 Å². The van der Waals surface area contributed by atoms with E-state index in [0.29, 0.717) is 18.5 Å². The molecule has 28 heavy (non-hydrogen) atoms. The fraction of sp³-hybridized carbons (Fsp3) is 0.714. The molecule has 1 atom stereocenters. The first-order chi connectivity index (χ1) is 13.7. The van der Waals surface area contributed by atoms with Gasteiger partial charge in [0.2, 0.25) is 5.91 Å². The molecule has 0 bridgehead atoms. The summed E-state index contributed by atoms with van der Waals surface area (Å²) in [6, 6.07) is 4.71. The third kappa shape index (κ3) is 5.95. The van der Waals surface area contributed by atoms with Crippen molar-refractivity contribution >= 4 is 23.2 Å². The average Bonchev–Trinajstić information content (AvgIpc) is 3.26. The number of aliphatic imine (C=N–C) groups is 1. The van der Waals surface area contributed by atoms with Crippen molar-refractivity contribution in [2.75, 3.05) is 46.3 Å². The third-order valence-corrected chi connectivity index (χ3v) is 6.91. The summed E-state index contributed by atoms with van der Waals surface area (Å²) in [5.41, 5.74) is 0. The number of carbonyl (C=O) groups excluding carboxylic acids is 1. The number of nitrogens with one attached hydrogen (secondary N) is 2. The predicted octanol–water partition coefficient (Wildman–Crippen LogP) is 2.70. The van der Waals surface area contributed by atoms with Crippen molar-refractivity contribution in [3.8, 4) is 0 Å². The Kier molecular flexibility index (Phi) is 8.15. The van der Waals surface area contributed by atoms with Gasteiger partial charge in [-0.1, -0.05) is 13.0 Å². The number of carbonyl (C=O) groups is 1. The van der Waals surface area contributed by atoms with Gasteiger partial charge >= 0.3 is 0 Å². The highest BCUT2D eigenvalue weighted by Crippen LogP contribution is 2.29. The van der Waals surface area contributed by atoms with Crippen molar-refractivity contribution in [1.82, 2.24) is 20.4 Å². The highest BCUT2D eigenvalue weighted by molar-refractivity contribution is 7.10. The standard InChI is InChI=1S/C21H35N5OS/c1-17-8-12-25(13-9-17)18(19-7-6-14-28-19)15-23-21(22-2)24-16-20(27)26-10-4-3-5-11-26/h6-7,14,17-18H,3-5,8-13,15-16H2,1-2H3,(H2,22,23,24). The molecule has 2 fully saturated rings. The number of hydrogen-bond acceptors (Lipinski definition) is 4. The van der Waals surface area contributed by atoms with Gasteiger partial charge in [0.05, 0.1) is 12.6 Å². The zero-order valence-corrected chi connectivity index (χ0v) is 18.1. The summed E-state index contributed by atoms with van der Waals surface area (Å²) >= 11 is 1.82. The van der Waals surface area contributed by atoms with Crippen LogP contribution in [-0.4, -0.2) is 68.0 Å². The number of likely N-dealkylation sites (tertiary alicyclic amines) is 2. The summed E-state index contributed by atoms with van der Waals surface area (Å²) in [5, 5.41) is 8.82. The zero-order chi connectivity index (χ0) is 19.8. The van der Waals surface area contributed by atoms with E-state index in [0.717, 1.165) is 51.5 Å². The van der Waals surface area contributed by atoms with Gasteiger partial charge in [-0.2, -0.15) is 0 Å². The van der Waals surface area contributed by atoms with Gasteiger partial charge in [-0.15, -0.1) is 11.3 Å². The second-order valence-electron chi connectivity index (χ2n) is 8.00. The first kappa shape index (κ1) is 21.1. The third-order valence-electron chi connectivity index (χ3n) is 5.93. The number of rotatable bonds is 6. The van der Waals surface area contributed by atoms with Crippen molar-refractivity contribution in [3.63, 3.8) is 0 Å².